The first-order chi connectivity index (χ1) is 18.5. The number of hydrogen-bond donors (Lipinski definition) is 2. The van der Waals surface area contributed by atoms with E-state index < -0.39 is 14.3 Å². The van der Waals surface area contributed by atoms with E-state index in [9.17, 15) is 9.13 Å². The quantitative estimate of drug-likeness (QED) is 0.243. The van der Waals surface area contributed by atoms with E-state index in [4.69, 9.17) is 11.6 Å². The van der Waals surface area contributed by atoms with Gasteiger partial charge in [-0.3, -0.25) is 0 Å². The van der Waals surface area contributed by atoms with E-state index in [1.807, 2.05) is 0 Å². The summed E-state index contributed by atoms with van der Waals surface area (Å²) in [5.41, 5.74) is 4.40. The number of benzene rings is 2. The number of rotatable bonds is 7. The van der Waals surface area contributed by atoms with Crippen LogP contribution in [0.4, 0.5) is 23.1 Å². The normalized spacial score (nSPS) is 18.4. The molecule has 10 heteroatoms. The van der Waals surface area contributed by atoms with Crippen LogP contribution in [0.25, 0.3) is 0 Å². The van der Waals surface area contributed by atoms with Gasteiger partial charge < -0.3 is 24.7 Å². The molecule has 7 nitrogen and oxygen atoms in total. The van der Waals surface area contributed by atoms with Gasteiger partial charge in [-0.05, 0) is 120 Å². The minimum atomic E-state index is -2.69. The lowest BCUT2D eigenvalue weighted by molar-refractivity contribution is 0.222. The molecule has 5 rings (SSSR count). The van der Waals surface area contributed by atoms with Crippen molar-refractivity contribution < 1.29 is 9.13 Å². The Labute approximate surface area is 236 Å². The molecule has 1 aromatic heterocycles. The van der Waals surface area contributed by atoms with E-state index >= 15 is 0 Å². The zero-order valence-electron chi connectivity index (χ0n) is 23.2. The standard InChI is InChI=1S/C29H38ClN5O2P2/c1-38(2,36)24-13-14-26(27(18-24)39(3,4)37)33-28-25(30)19-31-29(34-28)32-22-10-7-20-8-11-23(12-9-21(20)17-22)35-15-5-6-16-35/h7,10,13-14,17-19,23H,5-6,8-9,11-12,15-16H2,1-4H3,(H2,31,32,33,34). The Hall–Kier alpha value is -2.17. The Morgan fingerprint density at radius 1 is 0.897 bits per heavy atom. The van der Waals surface area contributed by atoms with Crippen molar-refractivity contribution in [1.29, 1.82) is 0 Å². The molecule has 0 spiro atoms. The SMILES string of the molecule is CP(C)(=O)c1ccc(Nc2nc(Nc3ccc4c(c3)CCC(N3CCCC3)CC4)ncc2Cl)c(P(C)(C)=O)c1. The maximum atomic E-state index is 13.1. The van der Waals surface area contributed by atoms with E-state index in [1.165, 1.54) is 49.9 Å². The van der Waals surface area contributed by atoms with Gasteiger partial charge in [0.15, 0.2) is 5.82 Å². The molecule has 1 aliphatic carbocycles. The monoisotopic (exact) mass is 585 g/mol. The number of anilines is 4. The van der Waals surface area contributed by atoms with Crippen molar-refractivity contribution in [2.45, 2.75) is 44.6 Å². The van der Waals surface area contributed by atoms with Crippen molar-refractivity contribution in [2.75, 3.05) is 50.4 Å². The molecule has 1 unspecified atom stereocenters. The fraction of sp³-hybridized carbons (Fsp3) is 0.448. The minimum absolute atomic E-state index is 0.351. The third kappa shape index (κ3) is 6.77. The van der Waals surface area contributed by atoms with Crippen LogP contribution in [0.2, 0.25) is 5.02 Å². The van der Waals surface area contributed by atoms with Crippen molar-refractivity contribution in [2.24, 2.45) is 0 Å². The second-order valence-corrected chi connectivity index (χ2v) is 18.3. The van der Waals surface area contributed by atoms with Crippen LogP contribution < -0.4 is 21.2 Å². The lowest BCUT2D eigenvalue weighted by atomic mass is 10.0. The second-order valence-electron chi connectivity index (χ2n) is 11.5. The van der Waals surface area contributed by atoms with Gasteiger partial charge >= 0.3 is 0 Å². The highest BCUT2D eigenvalue weighted by Crippen LogP contribution is 2.41. The van der Waals surface area contributed by atoms with Crippen LogP contribution in [0.5, 0.6) is 0 Å². The van der Waals surface area contributed by atoms with Crippen LogP contribution in [0.15, 0.2) is 42.6 Å². The number of likely N-dealkylation sites (tertiary alicyclic amines) is 1. The molecule has 0 amide bonds. The predicted octanol–water partition coefficient (Wildman–Crippen LogP) is 6.46. The first-order valence-corrected chi connectivity index (χ1v) is 19.2. The first kappa shape index (κ1) is 28.4. The molecular weight excluding hydrogens is 548 g/mol. The van der Waals surface area contributed by atoms with Gasteiger partial charge in [0.1, 0.15) is 19.3 Å². The highest BCUT2D eigenvalue weighted by Gasteiger charge is 2.25. The largest absolute Gasteiger partial charge is 0.338 e. The van der Waals surface area contributed by atoms with Crippen LogP contribution in [0.1, 0.15) is 36.8 Å². The summed E-state index contributed by atoms with van der Waals surface area (Å²) in [6.07, 6.45) is 8.85. The molecule has 1 fully saturated rings. The van der Waals surface area contributed by atoms with Gasteiger partial charge in [0, 0.05) is 22.3 Å². The fourth-order valence-electron chi connectivity index (χ4n) is 5.62. The topological polar surface area (TPSA) is 87.2 Å². The summed E-state index contributed by atoms with van der Waals surface area (Å²) in [6.45, 7) is 9.32. The van der Waals surface area contributed by atoms with Crippen molar-refractivity contribution >= 4 is 59.6 Å². The summed E-state index contributed by atoms with van der Waals surface area (Å²) < 4.78 is 25.8. The zero-order valence-corrected chi connectivity index (χ0v) is 25.8. The molecule has 3 aromatic rings. The lowest BCUT2D eigenvalue weighted by Crippen LogP contribution is -2.32. The fourth-order valence-corrected chi connectivity index (χ4v) is 7.89. The van der Waals surface area contributed by atoms with E-state index in [0.717, 1.165) is 18.5 Å². The van der Waals surface area contributed by atoms with E-state index in [0.29, 0.717) is 39.1 Å². The average Bonchev–Trinajstić information content (AvgIpc) is 3.32. The van der Waals surface area contributed by atoms with Gasteiger partial charge in [-0.2, -0.15) is 4.98 Å². The second kappa shape index (κ2) is 11.4. The third-order valence-electron chi connectivity index (χ3n) is 7.79. The molecule has 2 heterocycles. The summed E-state index contributed by atoms with van der Waals surface area (Å²) in [7, 11) is -5.19. The summed E-state index contributed by atoms with van der Waals surface area (Å²) in [5, 5.41) is 8.26. The van der Waals surface area contributed by atoms with Crippen LogP contribution in [0.3, 0.4) is 0 Å². The predicted molar refractivity (Wildman–Crippen MR) is 166 cm³/mol. The van der Waals surface area contributed by atoms with Gasteiger partial charge in [0.05, 0.1) is 11.9 Å². The number of hydrogen-bond acceptors (Lipinski definition) is 7. The molecule has 0 saturated carbocycles. The van der Waals surface area contributed by atoms with Gasteiger partial charge in [-0.1, -0.05) is 17.7 Å². The van der Waals surface area contributed by atoms with E-state index in [2.05, 4.69) is 43.7 Å². The molecule has 2 aliphatic rings. The third-order valence-corrected chi connectivity index (χ3v) is 11.1. The zero-order chi connectivity index (χ0) is 27.8. The van der Waals surface area contributed by atoms with E-state index in [-0.39, 0.29) is 0 Å². The van der Waals surface area contributed by atoms with Crippen molar-refractivity contribution in [3.8, 4) is 0 Å². The molecular formula is C29H38ClN5O2P2. The number of nitrogens with zero attached hydrogens (tertiary/aromatic N) is 3. The molecule has 2 aromatic carbocycles. The van der Waals surface area contributed by atoms with Crippen LogP contribution in [-0.4, -0.2) is 60.7 Å². The molecule has 0 bridgehead atoms. The lowest BCUT2D eigenvalue weighted by Gasteiger charge is -2.25. The highest BCUT2D eigenvalue weighted by molar-refractivity contribution is 7.71. The van der Waals surface area contributed by atoms with Crippen LogP contribution in [-0.2, 0) is 22.0 Å². The smallest absolute Gasteiger partial charge is 0.229 e. The highest BCUT2D eigenvalue weighted by atomic mass is 35.5. The van der Waals surface area contributed by atoms with E-state index in [1.54, 1.807) is 51.1 Å². The number of fused-ring (bicyclic) bond motifs is 1. The Balaban J connectivity index is 1.35. The molecule has 0 radical (unpaired) electrons. The number of aryl methyl sites for hydroxylation is 2. The van der Waals surface area contributed by atoms with Crippen LogP contribution in [0, 0.1) is 0 Å². The molecule has 2 N–H and O–H groups in total. The summed E-state index contributed by atoms with van der Waals surface area (Å²) in [5.74, 6) is 0.836. The van der Waals surface area contributed by atoms with Crippen molar-refractivity contribution in [3.63, 3.8) is 0 Å². The summed E-state index contributed by atoms with van der Waals surface area (Å²) in [6, 6.07) is 12.6. The van der Waals surface area contributed by atoms with Crippen molar-refractivity contribution in [1.82, 2.24) is 14.9 Å². The molecule has 1 atom stereocenters. The Morgan fingerprint density at radius 2 is 1.62 bits per heavy atom. The summed E-state index contributed by atoms with van der Waals surface area (Å²) in [4.78, 5) is 11.7. The first-order valence-electron chi connectivity index (χ1n) is 13.6. The Bertz CT molecular complexity index is 1460. The average molecular weight is 586 g/mol. The maximum absolute atomic E-state index is 13.1. The van der Waals surface area contributed by atoms with Gasteiger partial charge in [-0.15, -0.1) is 0 Å². The molecule has 208 valence electrons. The molecule has 1 aliphatic heterocycles. The molecule has 1 saturated heterocycles. The number of nitrogens with one attached hydrogen (secondary N) is 2. The van der Waals surface area contributed by atoms with Gasteiger partial charge in [0.2, 0.25) is 5.95 Å². The minimum Gasteiger partial charge on any atom is -0.338 e. The maximum Gasteiger partial charge on any atom is 0.229 e. The Morgan fingerprint density at radius 3 is 2.31 bits per heavy atom. The molecule has 39 heavy (non-hydrogen) atoms. The number of aromatic nitrogens is 2. The summed E-state index contributed by atoms with van der Waals surface area (Å²) >= 11 is 6.47. The van der Waals surface area contributed by atoms with Gasteiger partial charge in [0.25, 0.3) is 0 Å². The Kier molecular flexibility index (Phi) is 8.27. The van der Waals surface area contributed by atoms with Crippen molar-refractivity contribution in [3.05, 3.63) is 58.7 Å². The van der Waals surface area contributed by atoms with Gasteiger partial charge in [-0.25, -0.2) is 4.98 Å². The number of halogens is 1. The van der Waals surface area contributed by atoms with Crippen LogP contribution >= 0.6 is 25.9 Å².